The molecule has 0 nitrogen and oxygen atoms in total. The monoisotopic (exact) mass is 654 g/mol. The van der Waals surface area contributed by atoms with E-state index in [1.165, 1.54) is 48.3 Å². The summed E-state index contributed by atoms with van der Waals surface area (Å²) in [5.41, 5.74) is 11.5. The third kappa shape index (κ3) is 11.1. The van der Waals surface area contributed by atoms with Crippen LogP contribution in [-0.2, 0) is 50.1 Å². The molecule has 1 aliphatic rings. The Kier molecular flexibility index (Phi) is 14.7. The van der Waals surface area contributed by atoms with Crippen molar-refractivity contribution in [2.75, 3.05) is 0 Å². The summed E-state index contributed by atoms with van der Waals surface area (Å²) in [6, 6.07) is 46.5. The molecule has 5 aromatic carbocycles. The average Bonchev–Trinajstić information content (AvgIpc) is 3.65. The zero-order valence-corrected chi connectivity index (χ0v) is 30.0. The fraction of sp³-hybridized carbons (Fsp3) is 0.268. The van der Waals surface area contributed by atoms with E-state index < -0.39 is 0 Å². The van der Waals surface area contributed by atoms with Crippen LogP contribution in [0.5, 0.6) is 0 Å². The van der Waals surface area contributed by atoms with E-state index in [1.54, 1.807) is 0 Å². The van der Waals surface area contributed by atoms with Crippen molar-refractivity contribution in [1.82, 2.24) is 0 Å². The van der Waals surface area contributed by atoms with Crippen molar-refractivity contribution >= 4 is 3.81 Å². The molecule has 44 heavy (non-hydrogen) atoms. The van der Waals surface area contributed by atoms with Crippen molar-refractivity contribution in [2.45, 2.75) is 71.6 Å². The van der Waals surface area contributed by atoms with Gasteiger partial charge in [-0.2, -0.15) is 42.0 Å². The van der Waals surface area contributed by atoms with Gasteiger partial charge in [-0.05, 0) is 28.4 Å². The Bertz CT molecular complexity index is 1430. The number of rotatable bonds is 4. The molecule has 0 saturated carbocycles. The molecule has 0 heterocycles. The van der Waals surface area contributed by atoms with Gasteiger partial charge in [0, 0.05) is 0 Å². The summed E-state index contributed by atoms with van der Waals surface area (Å²) in [5.74, 6) is 0. The predicted molar refractivity (Wildman–Crippen MR) is 178 cm³/mol. The summed E-state index contributed by atoms with van der Waals surface area (Å²) in [6.45, 7) is 13.6. The summed E-state index contributed by atoms with van der Waals surface area (Å²) >= 11 is 2.24. The second kappa shape index (κ2) is 17.2. The zero-order valence-electron chi connectivity index (χ0n) is 26.9. The molecule has 0 fully saturated rings. The Hall–Kier alpha value is -2.61. The molecule has 5 aromatic rings. The summed E-state index contributed by atoms with van der Waals surface area (Å²) in [4.78, 5) is 0. The van der Waals surface area contributed by atoms with Gasteiger partial charge in [-0.25, -0.2) is 12.1 Å². The Morgan fingerprint density at radius 3 is 1.64 bits per heavy atom. The summed E-state index contributed by atoms with van der Waals surface area (Å²) in [7, 11) is 0. The van der Waals surface area contributed by atoms with Gasteiger partial charge >= 0.3 is 108 Å². The zero-order chi connectivity index (χ0) is 30.2. The largest absolute Gasteiger partial charge is 0.214 e. The van der Waals surface area contributed by atoms with Crippen LogP contribution < -0.4 is 24.8 Å². The van der Waals surface area contributed by atoms with Gasteiger partial charge in [-0.15, -0.1) is 11.1 Å². The SMILES string of the molecule is CC(C)(C)c1[c-]c2c(cc1)-c1ccc(C(C)(C)C)cc1C2.[Cl-].[Cl-].[Ti+2]=[C](Cc1ccccc1)Cc1ccccc1.c1cc[cH-]c1. The maximum absolute atomic E-state index is 3.67. The molecule has 0 amide bonds. The normalized spacial score (nSPS) is 11.3. The standard InChI is InChI=1S/C21H25.C15H14.C5H5.2ClH.Ti/c1-20(2,3)16-7-9-18-14(12-16)11-15-13-17(21(4,5)6)8-10-19(15)18;1-3-8-14(9-4-1)12-7-13-15-10-5-2-6-11-15;1-2-4-5-3-1;;;/h7-10,12H,11H2,1-6H3;1-6,8-11H,12-13H2;1-5H;2*1H;/q-1;;-1;;;+2/p-2. The van der Waals surface area contributed by atoms with Crippen molar-refractivity contribution in [3.8, 4) is 11.1 Å². The van der Waals surface area contributed by atoms with Crippen LogP contribution in [0.4, 0.5) is 0 Å². The van der Waals surface area contributed by atoms with Crippen LogP contribution in [0.15, 0.2) is 121 Å². The fourth-order valence-corrected chi connectivity index (χ4v) is 5.73. The first-order valence-corrected chi connectivity index (χ1v) is 15.8. The molecule has 0 saturated heterocycles. The van der Waals surface area contributed by atoms with Gasteiger partial charge in [-0.3, -0.25) is 0 Å². The number of fused-ring (bicyclic) bond motifs is 3. The molecular weight excluding hydrogens is 611 g/mol. The predicted octanol–water partition coefficient (Wildman–Crippen LogP) is 4.26. The Morgan fingerprint density at radius 2 is 1.18 bits per heavy atom. The van der Waals surface area contributed by atoms with E-state index in [9.17, 15) is 0 Å². The molecule has 6 rings (SSSR count). The molecule has 0 aromatic heterocycles. The first kappa shape index (κ1) is 37.6. The molecule has 0 spiro atoms. The summed E-state index contributed by atoms with van der Waals surface area (Å²) in [5, 5.41) is 0. The first-order valence-electron chi connectivity index (χ1n) is 15.0. The summed E-state index contributed by atoms with van der Waals surface area (Å²) in [6.07, 6.45) is 3.18. The minimum Gasteiger partial charge on any atom is -0.214 e. The van der Waals surface area contributed by atoms with Crippen molar-refractivity contribution in [2.24, 2.45) is 0 Å². The molecule has 0 radical (unpaired) electrons. The fourth-order valence-electron chi connectivity index (χ4n) is 5.10. The van der Waals surface area contributed by atoms with Gasteiger partial charge in [0.25, 0.3) is 0 Å². The molecule has 0 bridgehead atoms. The van der Waals surface area contributed by atoms with E-state index in [0.29, 0.717) is 0 Å². The number of hydrogen-bond acceptors (Lipinski definition) is 0. The second-order valence-electron chi connectivity index (χ2n) is 13.2. The minimum atomic E-state index is 0. The van der Waals surface area contributed by atoms with Gasteiger partial charge in [0.1, 0.15) is 0 Å². The molecule has 3 heteroatoms. The molecule has 0 N–H and O–H groups in total. The van der Waals surface area contributed by atoms with Crippen molar-refractivity contribution in [3.63, 3.8) is 0 Å². The first-order chi connectivity index (χ1) is 20.0. The van der Waals surface area contributed by atoms with Crippen LogP contribution in [0.2, 0.25) is 0 Å². The van der Waals surface area contributed by atoms with Gasteiger partial charge in [0.05, 0.1) is 0 Å². The number of benzene rings is 4. The Morgan fingerprint density at radius 1 is 0.659 bits per heavy atom. The number of hydrogen-bond donors (Lipinski definition) is 0. The quantitative estimate of drug-likeness (QED) is 0.197. The van der Waals surface area contributed by atoms with Crippen molar-refractivity contribution < 1.29 is 44.8 Å². The maximum Gasteiger partial charge on any atom is -0.172 e. The van der Waals surface area contributed by atoms with Crippen LogP contribution >= 0.6 is 0 Å². The van der Waals surface area contributed by atoms with E-state index in [1.807, 2.05) is 30.3 Å². The summed E-state index contributed by atoms with van der Waals surface area (Å²) < 4.78 is 1.51. The molecular formula is C41H44Cl2Ti-2. The van der Waals surface area contributed by atoms with Gasteiger partial charge in [-0.1, -0.05) is 65.3 Å². The molecule has 0 unspecified atom stereocenters. The Labute approximate surface area is 290 Å². The Balaban J connectivity index is 0.000000260. The molecule has 0 aliphatic heterocycles. The molecule has 1 aliphatic carbocycles. The third-order valence-corrected chi connectivity index (χ3v) is 8.09. The minimum absolute atomic E-state index is 0. The van der Waals surface area contributed by atoms with E-state index in [4.69, 9.17) is 0 Å². The molecule has 0 atom stereocenters. The van der Waals surface area contributed by atoms with E-state index in [-0.39, 0.29) is 35.6 Å². The van der Waals surface area contributed by atoms with Gasteiger partial charge < -0.3 is 24.8 Å². The van der Waals surface area contributed by atoms with Crippen LogP contribution in [0, 0.1) is 6.07 Å². The third-order valence-electron chi connectivity index (χ3n) is 7.54. The van der Waals surface area contributed by atoms with Crippen LogP contribution in [0.3, 0.4) is 0 Å². The number of halogens is 2. The maximum atomic E-state index is 3.67. The van der Waals surface area contributed by atoms with Gasteiger partial charge in [0.15, 0.2) is 0 Å². The van der Waals surface area contributed by atoms with Crippen molar-refractivity contribution in [1.29, 1.82) is 0 Å². The smallest absolute Gasteiger partial charge is 0.172 e. The molecule has 228 valence electrons. The topological polar surface area (TPSA) is 0 Å². The van der Waals surface area contributed by atoms with E-state index in [2.05, 4.69) is 159 Å². The average molecular weight is 656 g/mol. The van der Waals surface area contributed by atoms with E-state index in [0.717, 1.165) is 19.3 Å². The van der Waals surface area contributed by atoms with Crippen LogP contribution in [0.25, 0.3) is 11.1 Å². The van der Waals surface area contributed by atoms with Crippen LogP contribution in [-0.4, -0.2) is 3.81 Å². The van der Waals surface area contributed by atoms with Gasteiger partial charge in [0.2, 0.25) is 0 Å². The van der Waals surface area contributed by atoms with Crippen LogP contribution in [0.1, 0.15) is 74.9 Å². The second-order valence-corrected chi connectivity index (χ2v) is 14.3. The van der Waals surface area contributed by atoms with E-state index >= 15 is 0 Å². The van der Waals surface area contributed by atoms with Crippen molar-refractivity contribution in [3.05, 3.63) is 161 Å².